The molecule has 0 unspecified atom stereocenters. The number of nitrogens with zero attached hydrogens (tertiary/aromatic N) is 3. The van der Waals surface area contributed by atoms with Crippen LogP contribution in [0.15, 0.2) is 131 Å². The highest BCUT2D eigenvalue weighted by Crippen LogP contribution is 2.40. The normalized spacial score (nSPS) is 14.0. The van der Waals surface area contributed by atoms with E-state index < -0.39 is 37.1 Å². The number of sulfonamides is 1. The molecule has 5 aromatic rings. The van der Waals surface area contributed by atoms with E-state index in [-0.39, 0.29) is 11.5 Å². The van der Waals surface area contributed by atoms with Gasteiger partial charge in [0.1, 0.15) is 10.6 Å². The van der Waals surface area contributed by atoms with Crippen LogP contribution >= 0.6 is 23.4 Å². The van der Waals surface area contributed by atoms with E-state index in [1.807, 2.05) is 79.7 Å². The van der Waals surface area contributed by atoms with E-state index in [1.165, 1.54) is 23.3 Å². The van der Waals surface area contributed by atoms with Crippen LogP contribution < -0.4 is 10.5 Å². The first-order valence-corrected chi connectivity index (χ1v) is 21.1. The van der Waals surface area contributed by atoms with Crippen LogP contribution in [0.25, 0.3) is 16.7 Å². The molecule has 6 rings (SSSR count). The van der Waals surface area contributed by atoms with Crippen molar-refractivity contribution >= 4 is 56.2 Å². The van der Waals surface area contributed by atoms with Crippen molar-refractivity contribution in [3.63, 3.8) is 0 Å². The Balaban J connectivity index is 1.13. The largest absolute Gasteiger partial charge is 0.392 e. The van der Waals surface area contributed by atoms with E-state index in [4.69, 9.17) is 17.3 Å². The zero-order valence-corrected chi connectivity index (χ0v) is 33.6. The number of nitrogen functional groups attached to an aromatic ring is 1. The number of benzene rings is 5. The van der Waals surface area contributed by atoms with Gasteiger partial charge in [-0.1, -0.05) is 90.5 Å². The van der Waals surface area contributed by atoms with Crippen LogP contribution in [0.2, 0.25) is 5.02 Å². The van der Waals surface area contributed by atoms with Gasteiger partial charge in [0.05, 0.1) is 4.92 Å². The maximum Gasteiger partial charge on any atom is 0.296 e. The molecule has 1 heterocycles. The van der Waals surface area contributed by atoms with Gasteiger partial charge in [-0.3, -0.25) is 19.8 Å². The lowest BCUT2D eigenvalue weighted by atomic mass is 9.95. The topological polar surface area (TPSA) is 139 Å². The first-order valence-electron chi connectivity index (χ1n) is 18.2. The number of carbonyl (C=O) groups excluding carboxylic acids is 1. The number of nitrogens with one attached hydrogen (secondary N) is 1. The summed E-state index contributed by atoms with van der Waals surface area (Å²) < 4.78 is 29.2. The molecule has 0 spiro atoms. The Morgan fingerprint density at radius 1 is 0.946 bits per heavy atom. The summed E-state index contributed by atoms with van der Waals surface area (Å²) in [6.45, 7) is 3.04. The Kier molecular flexibility index (Phi) is 13.3. The second-order valence-corrected chi connectivity index (χ2v) is 17.2. The van der Waals surface area contributed by atoms with Crippen molar-refractivity contribution in [3.8, 4) is 11.1 Å². The van der Waals surface area contributed by atoms with Crippen molar-refractivity contribution in [2.75, 3.05) is 45.2 Å². The van der Waals surface area contributed by atoms with Crippen LogP contribution in [0.5, 0.6) is 0 Å². The molecule has 0 aromatic heterocycles. The van der Waals surface area contributed by atoms with Gasteiger partial charge < -0.3 is 10.6 Å². The van der Waals surface area contributed by atoms with Crippen molar-refractivity contribution in [3.05, 3.63) is 159 Å². The molecule has 0 saturated heterocycles. The van der Waals surface area contributed by atoms with E-state index in [2.05, 4.69) is 33.9 Å². The monoisotopic (exact) mass is 809 g/mol. The van der Waals surface area contributed by atoms with Crippen molar-refractivity contribution < 1.29 is 18.1 Å². The quantitative estimate of drug-likeness (QED) is 0.0460. The van der Waals surface area contributed by atoms with Gasteiger partial charge in [0.2, 0.25) is 0 Å². The summed E-state index contributed by atoms with van der Waals surface area (Å²) in [5.41, 5.74) is 11.4. The number of nitrogens with two attached hydrogens (primary N) is 1. The summed E-state index contributed by atoms with van der Waals surface area (Å²) in [6, 6.07) is 35.4. The van der Waals surface area contributed by atoms with Gasteiger partial charge in [-0.25, -0.2) is 13.1 Å². The van der Waals surface area contributed by atoms with Crippen LogP contribution in [0.1, 0.15) is 45.8 Å². The molecule has 0 bridgehead atoms. The minimum atomic E-state index is -4.57. The third-order valence-electron chi connectivity index (χ3n) is 9.84. The fourth-order valence-electron chi connectivity index (χ4n) is 6.83. The third-order valence-corrected chi connectivity index (χ3v) is 12.7. The van der Waals surface area contributed by atoms with E-state index in [0.717, 1.165) is 47.7 Å². The first-order chi connectivity index (χ1) is 26.9. The number of carbonyl (C=O) groups is 1. The number of nitro benzene ring substituents is 1. The van der Waals surface area contributed by atoms with E-state index in [0.29, 0.717) is 29.3 Å². The number of halogens is 1. The predicted molar refractivity (Wildman–Crippen MR) is 226 cm³/mol. The minimum absolute atomic E-state index is 0.126. The standard InChI is InChI=1S/C43H44ClN5O5S2/c1-47(2)25-22-35(29-55-37-9-4-3-5-10-37)39-20-21-40(41(45)42(39)49(51)52)56(53,54)46-43(50)33-14-12-30(13-15-33)31-23-26-48(27-24-31)28-34-8-6-7-11-38(34)32-16-18-36(44)19-17-32/h3-21,23,35H,22,24-29,45H2,1-2H3,(H,46,50)/t35-/m0/s1. The fourth-order valence-corrected chi connectivity index (χ4v) is 9.15. The van der Waals surface area contributed by atoms with Crippen molar-refractivity contribution in [2.24, 2.45) is 0 Å². The lowest BCUT2D eigenvalue weighted by Gasteiger charge is -2.27. The van der Waals surface area contributed by atoms with Gasteiger partial charge in [-0.05, 0) is 104 Å². The predicted octanol–water partition coefficient (Wildman–Crippen LogP) is 8.73. The lowest BCUT2D eigenvalue weighted by molar-refractivity contribution is -0.384. The van der Waals surface area contributed by atoms with Gasteiger partial charge in [0, 0.05) is 52.4 Å². The molecule has 13 heteroatoms. The zero-order valence-electron chi connectivity index (χ0n) is 31.2. The average molecular weight is 810 g/mol. The van der Waals surface area contributed by atoms with Crippen LogP contribution in [-0.4, -0.2) is 68.5 Å². The van der Waals surface area contributed by atoms with Gasteiger partial charge >= 0.3 is 0 Å². The lowest BCUT2D eigenvalue weighted by Crippen LogP contribution is -2.31. The number of anilines is 1. The first kappa shape index (κ1) is 40.7. The second kappa shape index (κ2) is 18.3. The molecule has 5 aromatic carbocycles. The van der Waals surface area contributed by atoms with Crippen molar-refractivity contribution in [1.82, 2.24) is 14.5 Å². The molecular weight excluding hydrogens is 766 g/mol. The van der Waals surface area contributed by atoms with Crippen LogP contribution in [0.3, 0.4) is 0 Å². The highest BCUT2D eigenvalue weighted by atomic mass is 35.5. The molecule has 3 N–H and O–H groups in total. The molecule has 1 amide bonds. The smallest absolute Gasteiger partial charge is 0.296 e. The Morgan fingerprint density at radius 3 is 2.29 bits per heavy atom. The fraction of sp³-hybridized carbons (Fsp3) is 0.233. The number of nitro groups is 1. The summed E-state index contributed by atoms with van der Waals surface area (Å²) in [7, 11) is -0.729. The SMILES string of the molecule is CN(C)CC[C@@H](CSc1ccccc1)c1ccc(S(=O)(=O)NC(=O)c2ccc(C3=CCN(Cc4ccccc4-c4ccc(Cl)cc4)CC3)cc2)c(N)c1[N+](=O)[O-]. The number of rotatable bonds is 15. The summed E-state index contributed by atoms with van der Waals surface area (Å²) >= 11 is 7.67. The number of hydrogen-bond acceptors (Lipinski definition) is 9. The second-order valence-electron chi connectivity index (χ2n) is 14.0. The number of amides is 1. The Bertz CT molecular complexity index is 2320. The average Bonchev–Trinajstić information content (AvgIpc) is 3.18. The molecule has 0 radical (unpaired) electrons. The Labute approximate surface area is 337 Å². The van der Waals surface area contributed by atoms with E-state index in [9.17, 15) is 23.3 Å². The molecule has 0 aliphatic carbocycles. The number of thioether (sulfide) groups is 1. The maximum absolute atomic E-state index is 13.5. The molecule has 1 aliphatic rings. The van der Waals surface area contributed by atoms with Crippen molar-refractivity contribution in [2.45, 2.75) is 35.1 Å². The van der Waals surface area contributed by atoms with Crippen LogP contribution in [0.4, 0.5) is 11.4 Å². The van der Waals surface area contributed by atoms with Crippen LogP contribution in [-0.2, 0) is 16.6 Å². The van der Waals surface area contributed by atoms with Crippen molar-refractivity contribution in [1.29, 1.82) is 0 Å². The molecule has 56 heavy (non-hydrogen) atoms. The molecule has 1 atom stereocenters. The van der Waals surface area contributed by atoms with Crippen LogP contribution in [0, 0.1) is 10.1 Å². The highest BCUT2D eigenvalue weighted by Gasteiger charge is 2.32. The Morgan fingerprint density at radius 2 is 1.62 bits per heavy atom. The zero-order chi connectivity index (χ0) is 39.8. The summed E-state index contributed by atoms with van der Waals surface area (Å²) in [5.74, 6) is -0.644. The molecule has 0 saturated carbocycles. The molecule has 1 aliphatic heterocycles. The molecule has 290 valence electrons. The molecular formula is C43H44ClN5O5S2. The van der Waals surface area contributed by atoms with E-state index in [1.54, 1.807) is 36.0 Å². The van der Waals surface area contributed by atoms with Gasteiger partial charge in [0.15, 0.2) is 0 Å². The highest BCUT2D eigenvalue weighted by molar-refractivity contribution is 7.99. The third kappa shape index (κ3) is 10.1. The van der Waals surface area contributed by atoms with Gasteiger partial charge in [-0.15, -0.1) is 11.8 Å². The maximum atomic E-state index is 13.5. The number of hydrogen-bond donors (Lipinski definition) is 2. The summed E-state index contributed by atoms with van der Waals surface area (Å²) in [6.07, 6.45) is 3.57. The van der Waals surface area contributed by atoms with Gasteiger partial charge in [0.25, 0.3) is 21.6 Å². The Hall–Kier alpha value is -4.98. The molecule has 10 nitrogen and oxygen atoms in total. The summed E-state index contributed by atoms with van der Waals surface area (Å²) in [4.78, 5) is 29.9. The molecule has 0 fully saturated rings. The summed E-state index contributed by atoms with van der Waals surface area (Å²) in [5, 5.41) is 13.1. The van der Waals surface area contributed by atoms with Gasteiger partial charge in [-0.2, -0.15) is 0 Å². The minimum Gasteiger partial charge on any atom is -0.392 e. The van der Waals surface area contributed by atoms with E-state index >= 15 is 0 Å².